The maximum Gasteiger partial charge on any atom is 0.234 e. The van der Waals surface area contributed by atoms with Crippen molar-refractivity contribution < 1.29 is 9.90 Å². The topological polar surface area (TPSA) is 49.3 Å². The van der Waals surface area contributed by atoms with Crippen LogP contribution in [0.2, 0.25) is 0 Å². The van der Waals surface area contributed by atoms with E-state index in [-0.39, 0.29) is 12.5 Å². The average molecular weight is 318 g/mol. The maximum absolute atomic E-state index is 11.6. The number of anilines is 1. The minimum Gasteiger partial charge on any atom is -0.396 e. The van der Waals surface area contributed by atoms with Gasteiger partial charge in [0.05, 0.1) is 5.75 Å². The van der Waals surface area contributed by atoms with E-state index in [1.165, 1.54) is 11.8 Å². The summed E-state index contributed by atoms with van der Waals surface area (Å²) >= 11 is 4.95. The van der Waals surface area contributed by atoms with Gasteiger partial charge in [0.1, 0.15) is 0 Å². The first-order chi connectivity index (χ1) is 8.13. The molecule has 0 saturated carbocycles. The number of aliphatic hydroxyl groups is 1. The molecule has 0 aromatic heterocycles. The molecule has 0 bridgehead atoms. The van der Waals surface area contributed by atoms with Gasteiger partial charge in [0, 0.05) is 16.8 Å². The van der Waals surface area contributed by atoms with Gasteiger partial charge in [-0.1, -0.05) is 15.9 Å². The van der Waals surface area contributed by atoms with E-state index in [2.05, 4.69) is 21.2 Å². The molecule has 0 radical (unpaired) electrons. The first-order valence-electron chi connectivity index (χ1n) is 5.38. The summed E-state index contributed by atoms with van der Waals surface area (Å²) in [5.74, 6) is 1.23. The summed E-state index contributed by atoms with van der Waals surface area (Å²) < 4.78 is 1.04. The zero-order valence-electron chi connectivity index (χ0n) is 9.70. The Bertz CT molecular complexity index is 385. The maximum atomic E-state index is 11.6. The van der Waals surface area contributed by atoms with E-state index in [9.17, 15) is 4.79 Å². The number of aliphatic hydroxyl groups excluding tert-OH is 1. The first kappa shape index (κ1) is 14.5. The molecule has 3 nitrogen and oxygen atoms in total. The number of carbonyl (C=O) groups is 1. The lowest BCUT2D eigenvalue weighted by molar-refractivity contribution is -0.113. The van der Waals surface area contributed by atoms with Crippen molar-refractivity contribution in [2.24, 2.45) is 0 Å². The van der Waals surface area contributed by atoms with Gasteiger partial charge < -0.3 is 10.4 Å². The summed E-state index contributed by atoms with van der Waals surface area (Å²) in [4.78, 5) is 11.6. The van der Waals surface area contributed by atoms with E-state index in [0.29, 0.717) is 5.75 Å². The normalized spacial score (nSPS) is 10.3. The highest BCUT2D eigenvalue weighted by Crippen LogP contribution is 2.20. The standard InChI is InChI=1S/C12H16BrNO2S/c1-9-7-10(3-4-11(9)13)14-12(16)8-17-6-2-5-15/h3-4,7,15H,2,5-6,8H2,1H3,(H,14,16). The molecule has 0 aliphatic heterocycles. The van der Waals surface area contributed by atoms with Crippen molar-refractivity contribution in [3.63, 3.8) is 0 Å². The number of hydrogen-bond acceptors (Lipinski definition) is 3. The molecule has 94 valence electrons. The summed E-state index contributed by atoms with van der Waals surface area (Å²) in [6.45, 7) is 2.16. The molecule has 1 aromatic carbocycles. The number of aryl methyl sites for hydroxylation is 1. The van der Waals surface area contributed by atoms with Gasteiger partial charge in [0.2, 0.25) is 5.91 Å². The van der Waals surface area contributed by atoms with Crippen molar-refractivity contribution in [3.05, 3.63) is 28.2 Å². The molecule has 0 fully saturated rings. The van der Waals surface area contributed by atoms with Crippen LogP contribution in [0.5, 0.6) is 0 Å². The van der Waals surface area contributed by atoms with Gasteiger partial charge in [-0.2, -0.15) is 11.8 Å². The fraction of sp³-hybridized carbons (Fsp3) is 0.417. The SMILES string of the molecule is Cc1cc(NC(=O)CSCCCO)ccc1Br. The van der Waals surface area contributed by atoms with E-state index in [1.807, 2.05) is 25.1 Å². The number of rotatable bonds is 6. The van der Waals surface area contributed by atoms with E-state index < -0.39 is 0 Å². The van der Waals surface area contributed by atoms with E-state index >= 15 is 0 Å². The average Bonchev–Trinajstić information content (AvgIpc) is 2.30. The van der Waals surface area contributed by atoms with Crippen molar-refractivity contribution in [3.8, 4) is 0 Å². The van der Waals surface area contributed by atoms with Crippen molar-refractivity contribution in [1.82, 2.24) is 0 Å². The molecule has 0 aliphatic carbocycles. The number of nitrogens with one attached hydrogen (secondary N) is 1. The summed E-state index contributed by atoms with van der Waals surface area (Å²) in [5.41, 5.74) is 1.91. The van der Waals surface area contributed by atoms with E-state index in [0.717, 1.165) is 27.9 Å². The number of benzene rings is 1. The third kappa shape index (κ3) is 5.57. The third-order valence-corrected chi connectivity index (χ3v) is 4.06. The summed E-state index contributed by atoms with van der Waals surface area (Å²) in [6, 6.07) is 5.72. The highest BCUT2D eigenvalue weighted by atomic mass is 79.9. The van der Waals surface area contributed by atoms with Gasteiger partial charge in [0.15, 0.2) is 0 Å². The van der Waals surface area contributed by atoms with Crippen molar-refractivity contribution >= 4 is 39.3 Å². The Morgan fingerprint density at radius 1 is 1.53 bits per heavy atom. The molecule has 1 amide bonds. The Hall–Kier alpha value is -0.520. The van der Waals surface area contributed by atoms with Crippen LogP contribution in [-0.2, 0) is 4.79 Å². The molecule has 2 N–H and O–H groups in total. The minimum atomic E-state index is -0.00494. The lowest BCUT2D eigenvalue weighted by atomic mass is 10.2. The molecule has 0 spiro atoms. The summed E-state index contributed by atoms with van der Waals surface area (Å²) in [5, 5.41) is 11.4. The van der Waals surface area contributed by atoms with Gasteiger partial charge in [0.25, 0.3) is 0 Å². The number of thioether (sulfide) groups is 1. The second-order valence-corrected chi connectivity index (χ2v) is 5.60. The minimum absolute atomic E-state index is 0.00494. The van der Waals surface area contributed by atoms with Crippen LogP contribution in [0, 0.1) is 6.92 Å². The van der Waals surface area contributed by atoms with Gasteiger partial charge >= 0.3 is 0 Å². The summed E-state index contributed by atoms with van der Waals surface area (Å²) in [7, 11) is 0. The van der Waals surface area contributed by atoms with Crippen LogP contribution >= 0.6 is 27.7 Å². The molecule has 0 atom stereocenters. The Morgan fingerprint density at radius 2 is 2.29 bits per heavy atom. The number of carbonyl (C=O) groups excluding carboxylic acids is 1. The van der Waals surface area contributed by atoms with Crippen molar-refractivity contribution in [1.29, 1.82) is 0 Å². The van der Waals surface area contributed by atoms with Gasteiger partial charge in [-0.15, -0.1) is 0 Å². The van der Waals surface area contributed by atoms with Gasteiger partial charge in [-0.25, -0.2) is 0 Å². The number of amides is 1. The lowest BCUT2D eigenvalue weighted by Gasteiger charge is -2.06. The molecule has 17 heavy (non-hydrogen) atoms. The largest absolute Gasteiger partial charge is 0.396 e. The van der Waals surface area contributed by atoms with Crippen LogP contribution in [-0.4, -0.2) is 29.1 Å². The predicted molar refractivity (Wildman–Crippen MR) is 76.5 cm³/mol. The smallest absolute Gasteiger partial charge is 0.234 e. The van der Waals surface area contributed by atoms with Crippen LogP contribution in [0.15, 0.2) is 22.7 Å². The molecule has 5 heteroatoms. The van der Waals surface area contributed by atoms with Crippen molar-refractivity contribution in [2.45, 2.75) is 13.3 Å². The predicted octanol–water partition coefficient (Wildman–Crippen LogP) is 2.81. The van der Waals surface area contributed by atoms with Gasteiger partial charge in [-0.05, 0) is 42.9 Å². The Kier molecular flexibility index (Phi) is 6.62. The van der Waals surface area contributed by atoms with Crippen LogP contribution in [0.25, 0.3) is 0 Å². The highest BCUT2D eigenvalue weighted by molar-refractivity contribution is 9.10. The molecular weight excluding hydrogens is 302 g/mol. The molecule has 1 aromatic rings. The summed E-state index contributed by atoms with van der Waals surface area (Å²) in [6.07, 6.45) is 0.731. The Labute approximate surface area is 114 Å². The third-order valence-electron chi connectivity index (χ3n) is 2.12. The zero-order chi connectivity index (χ0) is 12.7. The van der Waals surface area contributed by atoms with Crippen LogP contribution in [0.1, 0.15) is 12.0 Å². The van der Waals surface area contributed by atoms with E-state index in [1.54, 1.807) is 0 Å². The quantitative estimate of drug-likeness (QED) is 0.793. The number of halogens is 1. The first-order valence-corrected chi connectivity index (χ1v) is 7.33. The second kappa shape index (κ2) is 7.74. The molecule has 0 heterocycles. The molecule has 0 aliphatic rings. The van der Waals surface area contributed by atoms with Crippen LogP contribution in [0.4, 0.5) is 5.69 Å². The van der Waals surface area contributed by atoms with Crippen LogP contribution in [0.3, 0.4) is 0 Å². The van der Waals surface area contributed by atoms with Crippen molar-refractivity contribution in [2.75, 3.05) is 23.4 Å². The zero-order valence-corrected chi connectivity index (χ0v) is 12.1. The molecule has 1 rings (SSSR count). The Morgan fingerprint density at radius 3 is 2.94 bits per heavy atom. The highest BCUT2D eigenvalue weighted by Gasteiger charge is 2.03. The molecule has 0 saturated heterocycles. The van der Waals surface area contributed by atoms with E-state index in [4.69, 9.17) is 5.11 Å². The monoisotopic (exact) mass is 317 g/mol. The second-order valence-electron chi connectivity index (χ2n) is 3.64. The van der Waals surface area contributed by atoms with Crippen LogP contribution < -0.4 is 5.32 Å². The van der Waals surface area contributed by atoms with Gasteiger partial charge in [-0.3, -0.25) is 4.79 Å². The Balaban J connectivity index is 2.37. The fourth-order valence-corrected chi connectivity index (χ4v) is 2.23. The lowest BCUT2D eigenvalue weighted by Crippen LogP contribution is -2.14. The fourth-order valence-electron chi connectivity index (χ4n) is 1.25. The number of hydrogen-bond donors (Lipinski definition) is 2. The molecule has 0 unspecified atom stereocenters. The molecular formula is C12H16BrNO2S.